The molecule has 2 rings (SSSR count). The Kier molecular flexibility index (Phi) is 4.54. The van der Waals surface area contributed by atoms with Gasteiger partial charge < -0.3 is 0 Å². The van der Waals surface area contributed by atoms with E-state index in [1.54, 1.807) is 24.3 Å². The molecule has 0 aliphatic heterocycles. The molecule has 2 aromatic rings. The van der Waals surface area contributed by atoms with E-state index in [4.69, 9.17) is 15.8 Å². The van der Waals surface area contributed by atoms with Gasteiger partial charge in [-0.1, -0.05) is 41.9 Å². The SMILES string of the molecule is O=Cc1ccc(S(=O)(=O)OCc2ccccc2Cl)cc1. The number of halogens is 1. The molecule has 0 aromatic heterocycles. The Labute approximate surface area is 122 Å². The molecule has 0 unspecified atom stereocenters. The minimum atomic E-state index is -3.87. The third kappa shape index (κ3) is 3.45. The minimum absolute atomic E-state index is 0.00449. The van der Waals surface area contributed by atoms with Gasteiger partial charge in [0.25, 0.3) is 10.1 Å². The first kappa shape index (κ1) is 14.7. The highest BCUT2D eigenvalue weighted by atomic mass is 35.5. The molecule has 6 heteroatoms. The van der Waals surface area contributed by atoms with Gasteiger partial charge in [-0.25, -0.2) is 0 Å². The Morgan fingerprint density at radius 1 is 1.05 bits per heavy atom. The number of carbonyl (C=O) groups excluding carboxylic acids is 1. The van der Waals surface area contributed by atoms with Crippen LogP contribution in [0.1, 0.15) is 15.9 Å². The number of hydrogen-bond acceptors (Lipinski definition) is 4. The fraction of sp³-hybridized carbons (Fsp3) is 0.0714. The van der Waals surface area contributed by atoms with Gasteiger partial charge in [-0.15, -0.1) is 0 Å². The highest BCUT2D eigenvalue weighted by molar-refractivity contribution is 7.86. The van der Waals surface area contributed by atoms with Gasteiger partial charge in [-0.05, 0) is 23.8 Å². The summed E-state index contributed by atoms with van der Waals surface area (Å²) in [7, 11) is -3.87. The third-order valence-corrected chi connectivity index (χ3v) is 4.28. The van der Waals surface area contributed by atoms with Gasteiger partial charge in [0.2, 0.25) is 0 Å². The molecule has 0 radical (unpaired) electrons. The van der Waals surface area contributed by atoms with E-state index < -0.39 is 10.1 Å². The highest BCUT2D eigenvalue weighted by Gasteiger charge is 2.15. The number of aldehydes is 1. The maximum absolute atomic E-state index is 12.0. The number of carbonyl (C=O) groups is 1. The Morgan fingerprint density at radius 2 is 1.70 bits per heavy atom. The van der Waals surface area contributed by atoms with Crippen LogP contribution in [0.25, 0.3) is 0 Å². The summed E-state index contributed by atoms with van der Waals surface area (Å²) in [6.07, 6.45) is 0.640. The van der Waals surface area contributed by atoms with E-state index in [-0.39, 0.29) is 11.5 Å². The van der Waals surface area contributed by atoms with Crippen molar-refractivity contribution in [2.75, 3.05) is 0 Å². The van der Waals surface area contributed by atoms with Crippen LogP contribution in [0.5, 0.6) is 0 Å². The second-order valence-electron chi connectivity index (χ2n) is 3.99. The topological polar surface area (TPSA) is 60.4 Å². The lowest BCUT2D eigenvalue weighted by atomic mass is 10.2. The molecule has 0 spiro atoms. The molecule has 0 saturated carbocycles. The molecule has 2 aromatic carbocycles. The number of benzene rings is 2. The van der Waals surface area contributed by atoms with E-state index in [9.17, 15) is 13.2 Å². The Hall–Kier alpha value is -1.69. The molecule has 0 atom stereocenters. The largest absolute Gasteiger partial charge is 0.298 e. The first-order valence-electron chi connectivity index (χ1n) is 5.71. The average molecular weight is 311 g/mol. The summed E-state index contributed by atoms with van der Waals surface area (Å²) < 4.78 is 28.9. The van der Waals surface area contributed by atoms with Crippen molar-refractivity contribution in [1.82, 2.24) is 0 Å². The van der Waals surface area contributed by atoms with E-state index in [0.717, 1.165) is 0 Å². The van der Waals surface area contributed by atoms with Crippen molar-refractivity contribution >= 4 is 28.0 Å². The van der Waals surface area contributed by atoms with Crippen molar-refractivity contribution in [3.63, 3.8) is 0 Å². The lowest BCUT2D eigenvalue weighted by Gasteiger charge is -2.07. The highest BCUT2D eigenvalue weighted by Crippen LogP contribution is 2.19. The Balaban J connectivity index is 2.15. The predicted molar refractivity (Wildman–Crippen MR) is 75.3 cm³/mol. The van der Waals surface area contributed by atoms with E-state index in [1.807, 2.05) is 0 Å². The lowest BCUT2D eigenvalue weighted by Crippen LogP contribution is -2.06. The van der Waals surface area contributed by atoms with Gasteiger partial charge in [0, 0.05) is 10.6 Å². The average Bonchev–Trinajstić information content (AvgIpc) is 2.46. The maximum Gasteiger partial charge on any atom is 0.297 e. The zero-order valence-electron chi connectivity index (χ0n) is 10.3. The molecular weight excluding hydrogens is 300 g/mol. The van der Waals surface area contributed by atoms with E-state index in [0.29, 0.717) is 22.4 Å². The summed E-state index contributed by atoms with van der Waals surface area (Å²) >= 11 is 5.93. The molecule has 104 valence electrons. The molecule has 0 amide bonds. The van der Waals surface area contributed by atoms with Crippen LogP contribution in [0.3, 0.4) is 0 Å². The summed E-state index contributed by atoms with van der Waals surface area (Å²) in [5.74, 6) is 0. The molecule has 20 heavy (non-hydrogen) atoms. The molecule has 0 N–H and O–H groups in total. The number of hydrogen-bond donors (Lipinski definition) is 0. The van der Waals surface area contributed by atoms with Crippen molar-refractivity contribution in [3.8, 4) is 0 Å². The quantitative estimate of drug-likeness (QED) is 0.629. The van der Waals surface area contributed by atoms with Gasteiger partial charge in [0.05, 0.1) is 11.5 Å². The fourth-order valence-electron chi connectivity index (χ4n) is 1.54. The van der Waals surface area contributed by atoms with Crippen LogP contribution in [0, 0.1) is 0 Å². The summed E-state index contributed by atoms with van der Waals surface area (Å²) in [6.45, 7) is -0.141. The molecule has 4 nitrogen and oxygen atoms in total. The predicted octanol–water partition coefficient (Wildman–Crippen LogP) is 3.06. The van der Waals surface area contributed by atoms with E-state index in [2.05, 4.69) is 0 Å². The minimum Gasteiger partial charge on any atom is -0.298 e. The van der Waals surface area contributed by atoms with Gasteiger partial charge in [0.1, 0.15) is 6.29 Å². The van der Waals surface area contributed by atoms with Crippen molar-refractivity contribution in [2.45, 2.75) is 11.5 Å². The third-order valence-electron chi connectivity index (χ3n) is 2.63. The van der Waals surface area contributed by atoms with Crippen LogP contribution >= 0.6 is 11.6 Å². The van der Waals surface area contributed by atoms with E-state index in [1.165, 1.54) is 24.3 Å². The zero-order valence-corrected chi connectivity index (χ0v) is 11.9. The maximum atomic E-state index is 12.0. The van der Waals surface area contributed by atoms with Crippen LogP contribution < -0.4 is 0 Å². The normalized spacial score (nSPS) is 11.2. The summed E-state index contributed by atoms with van der Waals surface area (Å²) in [6, 6.07) is 12.3. The summed E-state index contributed by atoms with van der Waals surface area (Å²) in [4.78, 5) is 10.5. The van der Waals surface area contributed by atoms with Crippen LogP contribution in [-0.4, -0.2) is 14.7 Å². The number of rotatable bonds is 5. The second kappa shape index (κ2) is 6.17. The first-order chi connectivity index (χ1) is 9.53. The molecule has 0 fully saturated rings. The Bertz CT molecular complexity index is 708. The fourth-order valence-corrected chi connectivity index (χ4v) is 2.62. The summed E-state index contributed by atoms with van der Waals surface area (Å²) in [5, 5.41) is 0.444. The Morgan fingerprint density at radius 3 is 2.30 bits per heavy atom. The standard InChI is InChI=1S/C14H11ClO4S/c15-14-4-2-1-3-12(14)10-19-20(17,18)13-7-5-11(9-16)6-8-13/h1-9H,10H2. The van der Waals surface area contributed by atoms with Gasteiger partial charge in [-0.2, -0.15) is 8.42 Å². The molecule has 0 bridgehead atoms. The summed E-state index contributed by atoms with van der Waals surface area (Å²) in [5.41, 5.74) is 0.984. The van der Waals surface area contributed by atoms with Crippen LogP contribution in [-0.2, 0) is 20.9 Å². The second-order valence-corrected chi connectivity index (χ2v) is 6.02. The van der Waals surface area contributed by atoms with Crippen molar-refractivity contribution < 1.29 is 17.4 Å². The molecule has 0 aliphatic carbocycles. The van der Waals surface area contributed by atoms with Gasteiger partial charge in [0.15, 0.2) is 0 Å². The first-order valence-corrected chi connectivity index (χ1v) is 7.49. The zero-order chi connectivity index (χ0) is 14.6. The van der Waals surface area contributed by atoms with Crippen LogP contribution in [0.4, 0.5) is 0 Å². The van der Waals surface area contributed by atoms with E-state index >= 15 is 0 Å². The monoisotopic (exact) mass is 310 g/mol. The van der Waals surface area contributed by atoms with Crippen molar-refractivity contribution in [3.05, 3.63) is 64.7 Å². The molecule has 0 heterocycles. The van der Waals surface area contributed by atoms with Crippen LogP contribution in [0.15, 0.2) is 53.4 Å². The molecule has 0 saturated heterocycles. The molecule has 0 aliphatic rings. The smallest absolute Gasteiger partial charge is 0.297 e. The van der Waals surface area contributed by atoms with Crippen molar-refractivity contribution in [2.24, 2.45) is 0 Å². The van der Waals surface area contributed by atoms with Gasteiger partial charge >= 0.3 is 0 Å². The van der Waals surface area contributed by atoms with Crippen molar-refractivity contribution in [1.29, 1.82) is 0 Å². The lowest BCUT2D eigenvalue weighted by molar-refractivity contribution is 0.112. The van der Waals surface area contributed by atoms with Gasteiger partial charge in [-0.3, -0.25) is 8.98 Å². The molecular formula is C14H11ClO4S. The van der Waals surface area contributed by atoms with Crippen LogP contribution in [0.2, 0.25) is 5.02 Å².